The summed E-state index contributed by atoms with van der Waals surface area (Å²) >= 11 is 0. The number of piperidine rings is 1. The van der Waals surface area contributed by atoms with Crippen LogP contribution in [0, 0.1) is 11.3 Å². The molecule has 4 nitrogen and oxygen atoms in total. The summed E-state index contributed by atoms with van der Waals surface area (Å²) in [5, 5.41) is 13.0. The SMILES string of the molecule is CCNC1(C(=O)O)CCCC1CCN1CCCC(C)(C)C1. The summed E-state index contributed by atoms with van der Waals surface area (Å²) in [6.45, 7) is 10.8. The van der Waals surface area contributed by atoms with E-state index in [1.54, 1.807) is 0 Å². The Morgan fingerprint density at radius 3 is 2.71 bits per heavy atom. The van der Waals surface area contributed by atoms with Crippen LogP contribution in [-0.4, -0.2) is 47.7 Å². The molecule has 0 aromatic carbocycles. The van der Waals surface area contributed by atoms with Gasteiger partial charge in [0.15, 0.2) is 0 Å². The second kappa shape index (κ2) is 6.66. The van der Waals surface area contributed by atoms with E-state index in [-0.39, 0.29) is 5.92 Å². The molecule has 1 saturated carbocycles. The molecule has 2 aliphatic rings. The van der Waals surface area contributed by atoms with Crippen molar-refractivity contribution >= 4 is 5.97 Å². The molecule has 2 rings (SSSR count). The maximum absolute atomic E-state index is 11.8. The minimum Gasteiger partial charge on any atom is -0.480 e. The van der Waals surface area contributed by atoms with Crippen LogP contribution >= 0.6 is 0 Å². The van der Waals surface area contributed by atoms with Gasteiger partial charge in [0.1, 0.15) is 5.54 Å². The standard InChI is InChI=1S/C17H32N2O2/c1-4-18-17(15(20)21)10-5-7-14(17)8-12-19-11-6-9-16(2,3)13-19/h14,18H,4-13H2,1-3H3,(H,20,21). The van der Waals surface area contributed by atoms with Gasteiger partial charge in [-0.25, -0.2) is 0 Å². The number of carboxylic acids is 1. The quantitative estimate of drug-likeness (QED) is 0.791. The summed E-state index contributed by atoms with van der Waals surface area (Å²) in [6.07, 6.45) is 6.46. The van der Waals surface area contributed by atoms with Gasteiger partial charge in [0.2, 0.25) is 0 Å². The van der Waals surface area contributed by atoms with E-state index in [1.165, 1.54) is 19.4 Å². The molecule has 0 bridgehead atoms. The molecule has 1 aliphatic heterocycles. The fraction of sp³-hybridized carbons (Fsp3) is 0.941. The summed E-state index contributed by atoms with van der Waals surface area (Å²) in [5.41, 5.74) is -0.250. The second-order valence-corrected chi connectivity index (χ2v) is 7.73. The van der Waals surface area contributed by atoms with Gasteiger partial charge >= 0.3 is 5.97 Å². The smallest absolute Gasteiger partial charge is 0.324 e. The Balaban J connectivity index is 1.93. The summed E-state index contributed by atoms with van der Waals surface area (Å²) < 4.78 is 0. The number of likely N-dealkylation sites (N-methyl/N-ethyl adjacent to an activating group) is 1. The minimum atomic E-state index is -0.667. The Morgan fingerprint density at radius 1 is 1.33 bits per heavy atom. The van der Waals surface area contributed by atoms with Gasteiger partial charge in [-0.2, -0.15) is 0 Å². The molecule has 0 amide bonds. The highest BCUT2D eigenvalue weighted by Crippen LogP contribution is 2.39. The zero-order valence-corrected chi connectivity index (χ0v) is 14.0. The predicted molar refractivity (Wildman–Crippen MR) is 85.5 cm³/mol. The van der Waals surface area contributed by atoms with Crippen molar-refractivity contribution in [2.75, 3.05) is 26.2 Å². The highest BCUT2D eigenvalue weighted by Gasteiger charge is 2.48. The summed E-state index contributed by atoms with van der Waals surface area (Å²) in [5.74, 6) is -0.370. The predicted octanol–water partition coefficient (Wildman–Crippen LogP) is 2.73. The number of carbonyl (C=O) groups is 1. The van der Waals surface area contributed by atoms with Crippen LogP contribution in [0.1, 0.15) is 59.3 Å². The lowest BCUT2D eigenvalue weighted by atomic mass is 9.82. The number of likely N-dealkylation sites (tertiary alicyclic amines) is 1. The largest absolute Gasteiger partial charge is 0.480 e. The minimum absolute atomic E-state index is 0.278. The normalized spacial score (nSPS) is 33.2. The lowest BCUT2D eigenvalue weighted by Crippen LogP contribution is -2.55. The number of nitrogens with zero attached hydrogens (tertiary/aromatic N) is 1. The van der Waals surface area contributed by atoms with Crippen LogP contribution in [0.2, 0.25) is 0 Å². The highest BCUT2D eigenvalue weighted by atomic mass is 16.4. The lowest BCUT2D eigenvalue weighted by molar-refractivity contribution is -0.146. The average Bonchev–Trinajstić information content (AvgIpc) is 2.80. The van der Waals surface area contributed by atoms with Crippen LogP contribution in [0.15, 0.2) is 0 Å². The molecule has 1 heterocycles. The van der Waals surface area contributed by atoms with Crippen molar-refractivity contribution in [3.05, 3.63) is 0 Å². The molecule has 0 radical (unpaired) electrons. The van der Waals surface area contributed by atoms with Gasteiger partial charge in [-0.05, 0) is 63.1 Å². The number of hydrogen-bond acceptors (Lipinski definition) is 3. The van der Waals surface area contributed by atoms with E-state index in [0.717, 1.165) is 45.3 Å². The number of aliphatic carboxylic acids is 1. The number of nitrogens with one attached hydrogen (secondary N) is 1. The molecule has 2 N–H and O–H groups in total. The molecule has 122 valence electrons. The molecule has 2 atom stereocenters. The van der Waals surface area contributed by atoms with Gasteiger partial charge in [-0.3, -0.25) is 4.79 Å². The van der Waals surface area contributed by atoms with Gasteiger partial charge in [0.05, 0.1) is 0 Å². The molecule has 1 aliphatic carbocycles. The van der Waals surface area contributed by atoms with Gasteiger partial charge in [-0.1, -0.05) is 27.2 Å². The van der Waals surface area contributed by atoms with Crippen molar-refractivity contribution in [3.8, 4) is 0 Å². The number of carboxylic acid groups (broad SMARTS) is 1. The first-order chi connectivity index (χ1) is 9.89. The zero-order chi connectivity index (χ0) is 15.5. The van der Waals surface area contributed by atoms with E-state index in [0.29, 0.717) is 5.41 Å². The number of hydrogen-bond donors (Lipinski definition) is 2. The molecule has 1 saturated heterocycles. The fourth-order valence-electron chi connectivity index (χ4n) is 4.45. The van der Waals surface area contributed by atoms with E-state index in [1.807, 2.05) is 6.92 Å². The van der Waals surface area contributed by atoms with E-state index >= 15 is 0 Å². The molecular weight excluding hydrogens is 264 g/mol. The van der Waals surface area contributed by atoms with Crippen LogP contribution in [-0.2, 0) is 4.79 Å². The maximum Gasteiger partial charge on any atom is 0.324 e. The summed E-state index contributed by atoms with van der Waals surface area (Å²) in [4.78, 5) is 14.3. The third-order valence-electron chi connectivity index (χ3n) is 5.47. The van der Waals surface area contributed by atoms with E-state index in [9.17, 15) is 9.90 Å². The van der Waals surface area contributed by atoms with Crippen molar-refractivity contribution in [2.45, 2.75) is 64.8 Å². The van der Waals surface area contributed by atoms with E-state index in [2.05, 4.69) is 24.1 Å². The van der Waals surface area contributed by atoms with Crippen LogP contribution in [0.3, 0.4) is 0 Å². The second-order valence-electron chi connectivity index (χ2n) is 7.73. The van der Waals surface area contributed by atoms with Crippen LogP contribution in [0.5, 0.6) is 0 Å². The van der Waals surface area contributed by atoms with Crippen molar-refractivity contribution in [1.29, 1.82) is 0 Å². The Kier molecular flexibility index (Phi) is 5.31. The first kappa shape index (κ1) is 16.8. The molecule has 4 heteroatoms. The van der Waals surface area contributed by atoms with E-state index < -0.39 is 11.5 Å². The Bertz CT molecular complexity index is 370. The molecular formula is C17H32N2O2. The van der Waals surface area contributed by atoms with Gasteiger partial charge in [0.25, 0.3) is 0 Å². The molecule has 0 aromatic rings. The lowest BCUT2D eigenvalue weighted by Gasteiger charge is -2.39. The number of rotatable bonds is 6. The molecule has 21 heavy (non-hydrogen) atoms. The monoisotopic (exact) mass is 296 g/mol. The van der Waals surface area contributed by atoms with Crippen LogP contribution in [0.25, 0.3) is 0 Å². The average molecular weight is 296 g/mol. The third-order valence-corrected chi connectivity index (χ3v) is 5.47. The van der Waals surface area contributed by atoms with E-state index in [4.69, 9.17) is 0 Å². The van der Waals surface area contributed by atoms with Crippen LogP contribution in [0.4, 0.5) is 0 Å². The Labute approximate surface area is 129 Å². The third kappa shape index (κ3) is 3.78. The van der Waals surface area contributed by atoms with Gasteiger partial charge in [-0.15, -0.1) is 0 Å². The summed E-state index contributed by atoms with van der Waals surface area (Å²) in [7, 11) is 0. The van der Waals surface area contributed by atoms with Crippen molar-refractivity contribution in [3.63, 3.8) is 0 Å². The fourth-order valence-corrected chi connectivity index (χ4v) is 4.45. The molecule has 0 spiro atoms. The van der Waals surface area contributed by atoms with Crippen LogP contribution < -0.4 is 5.32 Å². The van der Waals surface area contributed by atoms with Crippen molar-refractivity contribution < 1.29 is 9.90 Å². The molecule has 2 fully saturated rings. The zero-order valence-electron chi connectivity index (χ0n) is 14.0. The van der Waals surface area contributed by atoms with Gasteiger partial charge < -0.3 is 15.3 Å². The first-order valence-corrected chi connectivity index (χ1v) is 8.60. The topological polar surface area (TPSA) is 52.6 Å². The highest BCUT2D eigenvalue weighted by molar-refractivity contribution is 5.79. The Morgan fingerprint density at radius 2 is 2.10 bits per heavy atom. The maximum atomic E-state index is 11.8. The Hall–Kier alpha value is -0.610. The molecule has 0 aromatic heterocycles. The van der Waals surface area contributed by atoms with Crippen molar-refractivity contribution in [1.82, 2.24) is 10.2 Å². The first-order valence-electron chi connectivity index (χ1n) is 8.60. The molecule has 2 unspecified atom stereocenters. The van der Waals surface area contributed by atoms with Crippen molar-refractivity contribution in [2.24, 2.45) is 11.3 Å². The summed E-state index contributed by atoms with van der Waals surface area (Å²) in [6, 6.07) is 0. The van der Waals surface area contributed by atoms with Gasteiger partial charge in [0, 0.05) is 6.54 Å².